The van der Waals surface area contributed by atoms with Crippen LogP contribution in [0.5, 0.6) is 11.5 Å². The highest BCUT2D eigenvalue weighted by molar-refractivity contribution is 9.10. The molecule has 0 saturated heterocycles. The average Bonchev–Trinajstić information content (AvgIpc) is 2.50. The number of anilines is 1. The summed E-state index contributed by atoms with van der Waals surface area (Å²) in [6.45, 7) is 0. The van der Waals surface area contributed by atoms with Crippen LogP contribution in [0.15, 0.2) is 52.5 Å². The van der Waals surface area contributed by atoms with Gasteiger partial charge in [0, 0.05) is 15.7 Å². The molecule has 2 aromatic rings. The van der Waals surface area contributed by atoms with E-state index < -0.39 is 5.91 Å². The van der Waals surface area contributed by atoms with E-state index in [1.54, 1.807) is 18.2 Å². The number of aromatic hydroxyl groups is 2. The molecule has 0 aliphatic carbocycles. The van der Waals surface area contributed by atoms with Gasteiger partial charge in [0.05, 0.1) is 0 Å². The number of phenolic OH excluding ortho intramolecular Hbond substituents is 2. The summed E-state index contributed by atoms with van der Waals surface area (Å²) in [5.74, 6) is -0.561. The minimum atomic E-state index is -0.604. The zero-order valence-corrected chi connectivity index (χ0v) is 12.8. The van der Waals surface area contributed by atoms with E-state index in [0.29, 0.717) is 15.7 Å². The molecule has 1 amide bonds. The zero-order chi connectivity index (χ0) is 16.1. The second-order valence-corrected chi connectivity index (χ2v) is 5.29. The molecule has 2 aromatic carbocycles. The molecule has 0 saturated carbocycles. The molecule has 110 valence electrons. The summed E-state index contributed by atoms with van der Waals surface area (Å²) in [6.07, 6.45) is 1.30. The van der Waals surface area contributed by atoms with E-state index in [0.717, 1.165) is 0 Å². The van der Waals surface area contributed by atoms with Gasteiger partial charge in [0.15, 0.2) is 0 Å². The molecule has 0 radical (unpaired) electrons. The fraction of sp³-hybridized carbons (Fsp3) is 0. The maximum Gasteiger partial charge on any atom is 0.266 e. The Morgan fingerprint density at radius 3 is 2.50 bits per heavy atom. The largest absolute Gasteiger partial charge is 0.508 e. The van der Waals surface area contributed by atoms with Crippen molar-refractivity contribution in [2.75, 3.05) is 5.32 Å². The normalized spacial score (nSPS) is 10.8. The van der Waals surface area contributed by atoms with Crippen molar-refractivity contribution in [2.45, 2.75) is 0 Å². The predicted molar refractivity (Wildman–Crippen MR) is 86.1 cm³/mol. The van der Waals surface area contributed by atoms with Crippen LogP contribution in [0.25, 0.3) is 6.08 Å². The summed E-state index contributed by atoms with van der Waals surface area (Å²) in [5, 5.41) is 30.6. The lowest BCUT2D eigenvalue weighted by Gasteiger charge is -2.05. The van der Waals surface area contributed by atoms with E-state index in [4.69, 9.17) is 5.26 Å². The van der Waals surface area contributed by atoms with Crippen molar-refractivity contribution < 1.29 is 15.0 Å². The zero-order valence-electron chi connectivity index (χ0n) is 11.2. The van der Waals surface area contributed by atoms with Crippen LogP contribution < -0.4 is 5.32 Å². The summed E-state index contributed by atoms with van der Waals surface area (Å²) in [5.41, 5.74) is 0.649. The summed E-state index contributed by atoms with van der Waals surface area (Å²) in [6, 6.07) is 12.4. The minimum Gasteiger partial charge on any atom is -0.508 e. The molecule has 22 heavy (non-hydrogen) atoms. The van der Waals surface area contributed by atoms with Gasteiger partial charge in [0.25, 0.3) is 5.91 Å². The van der Waals surface area contributed by atoms with Crippen molar-refractivity contribution in [3.63, 3.8) is 0 Å². The third-order valence-electron chi connectivity index (χ3n) is 2.78. The van der Waals surface area contributed by atoms with Crippen molar-refractivity contribution >= 4 is 33.6 Å². The smallest absolute Gasteiger partial charge is 0.266 e. The standard InChI is InChI=1S/C16H11BrN2O3/c17-12-1-6-15(21)10(8-12)7-11(9-18)16(22)19-13-2-4-14(20)5-3-13/h1-8,20-21H,(H,19,22)/b11-7-. The predicted octanol–water partition coefficient (Wildman–Crippen LogP) is 3.41. The Balaban J connectivity index is 2.25. The molecule has 0 fully saturated rings. The number of halogens is 1. The van der Waals surface area contributed by atoms with Gasteiger partial charge in [0.1, 0.15) is 23.1 Å². The molecular formula is C16H11BrN2O3. The molecule has 0 heterocycles. The Morgan fingerprint density at radius 2 is 1.86 bits per heavy atom. The third kappa shape index (κ3) is 3.87. The first-order valence-electron chi connectivity index (χ1n) is 6.20. The van der Waals surface area contributed by atoms with Gasteiger partial charge in [-0.25, -0.2) is 0 Å². The highest BCUT2D eigenvalue weighted by atomic mass is 79.9. The van der Waals surface area contributed by atoms with E-state index in [1.165, 1.54) is 36.4 Å². The van der Waals surface area contributed by atoms with Crippen molar-refractivity contribution in [2.24, 2.45) is 0 Å². The minimum absolute atomic E-state index is 0.0339. The lowest BCUT2D eigenvalue weighted by Crippen LogP contribution is -2.13. The molecule has 5 nitrogen and oxygen atoms in total. The van der Waals surface area contributed by atoms with Gasteiger partial charge in [-0.2, -0.15) is 5.26 Å². The first-order chi connectivity index (χ1) is 10.5. The highest BCUT2D eigenvalue weighted by Crippen LogP contribution is 2.24. The fourth-order valence-corrected chi connectivity index (χ4v) is 2.07. The van der Waals surface area contributed by atoms with E-state index in [1.807, 2.05) is 0 Å². The second-order valence-electron chi connectivity index (χ2n) is 4.37. The molecule has 2 rings (SSSR count). The van der Waals surface area contributed by atoms with Gasteiger partial charge in [-0.05, 0) is 48.5 Å². The van der Waals surface area contributed by atoms with Crippen LogP contribution in [-0.2, 0) is 4.79 Å². The Morgan fingerprint density at radius 1 is 1.18 bits per heavy atom. The molecule has 0 aliphatic rings. The van der Waals surface area contributed by atoms with Gasteiger partial charge >= 0.3 is 0 Å². The molecular weight excluding hydrogens is 348 g/mol. The molecule has 3 N–H and O–H groups in total. The van der Waals surface area contributed by atoms with Gasteiger partial charge < -0.3 is 15.5 Å². The number of carbonyl (C=O) groups excluding carboxylic acids is 1. The lowest BCUT2D eigenvalue weighted by atomic mass is 10.1. The molecule has 6 heteroatoms. The molecule has 0 atom stereocenters. The summed E-state index contributed by atoms with van der Waals surface area (Å²) < 4.78 is 0.716. The maximum absolute atomic E-state index is 12.1. The summed E-state index contributed by atoms with van der Waals surface area (Å²) in [4.78, 5) is 12.1. The summed E-state index contributed by atoms with van der Waals surface area (Å²) in [7, 11) is 0. The van der Waals surface area contributed by atoms with E-state index in [-0.39, 0.29) is 17.1 Å². The second kappa shape index (κ2) is 6.78. The van der Waals surface area contributed by atoms with Gasteiger partial charge in [-0.3, -0.25) is 4.79 Å². The molecule has 0 aliphatic heterocycles. The topological polar surface area (TPSA) is 93.3 Å². The molecule has 0 unspecified atom stereocenters. The van der Waals surface area contributed by atoms with Crippen molar-refractivity contribution in [1.29, 1.82) is 5.26 Å². The Bertz CT molecular complexity index is 777. The van der Waals surface area contributed by atoms with Crippen LogP contribution in [0.3, 0.4) is 0 Å². The number of phenols is 2. The molecule has 0 spiro atoms. The lowest BCUT2D eigenvalue weighted by molar-refractivity contribution is -0.112. The average molecular weight is 359 g/mol. The van der Waals surface area contributed by atoms with Crippen LogP contribution in [0.2, 0.25) is 0 Å². The monoisotopic (exact) mass is 358 g/mol. The van der Waals surface area contributed by atoms with Crippen molar-refractivity contribution in [3.05, 3.63) is 58.1 Å². The number of benzene rings is 2. The number of hydrogen-bond donors (Lipinski definition) is 3. The number of nitrogens with zero attached hydrogens (tertiary/aromatic N) is 1. The molecule has 0 bridgehead atoms. The number of nitrogens with one attached hydrogen (secondary N) is 1. The first kappa shape index (κ1) is 15.6. The van der Waals surface area contributed by atoms with E-state index >= 15 is 0 Å². The summed E-state index contributed by atoms with van der Waals surface area (Å²) >= 11 is 3.26. The highest BCUT2D eigenvalue weighted by Gasteiger charge is 2.11. The Hall–Kier alpha value is -2.78. The number of nitriles is 1. The van der Waals surface area contributed by atoms with Crippen molar-refractivity contribution in [3.8, 4) is 17.6 Å². The Labute approximate surface area is 135 Å². The number of carbonyl (C=O) groups is 1. The number of rotatable bonds is 3. The van der Waals surface area contributed by atoms with Crippen LogP contribution >= 0.6 is 15.9 Å². The van der Waals surface area contributed by atoms with E-state index in [2.05, 4.69) is 21.2 Å². The number of hydrogen-bond acceptors (Lipinski definition) is 4. The SMILES string of the molecule is N#C/C(=C/c1cc(Br)ccc1O)C(=O)Nc1ccc(O)cc1. The van der Waals surface area contributed by atoms with Gasteiger partial charge in [-0.1, -0.05) is 15.9 Å². The van der Waals surface area contributed by atoms with E-state index in [9.17, 15) is 15.0 Å². The van der Waals surface area contributed by atoms with Crippen molar-refractivity contribution in [1.82, 2.24) is 0 Å². The third-order valence-corrected chi connectivity index (χ3v) is 3.27. The van der Waals surface area contributed by atoms with Crippen LogP contribution in [0.4, 0.5) is 5.69 Å². The number of amides is 1. The van der Waals surface area contributed by atoms with Crippen LogP contribution in [0, 0.1) is 11.3 Å². The fourth-order valence-electron chi connectivity index (χ4n) is 1.69. The quantitative estimate of drug-likeness (QED) is 0.445. The van der Waals surface area contributed by atoms with Gasteiger partial charge in [-0.15, -0.1) is 0 Å². The van der Waals surface area contributed by atoms with Crippen LogP contribution in [0.1, 0.15) is 5.56 Å². The molecule has 0 aromatic heterocycles. The van der Waals surface area contributed by atoms with Gasteiger partial charge in [0.2, 0.25) is 0 Å². The van der Waals surface area contributed by atoms with Crippen LogP contribution in [-0.4, -0.2) is 16.1 Å². The maximum atomic E-state index is 12.1. The first-order valence-corrected chi connectivity index (χ1v) is 6.99. The Kier molecular flexibility index (Phi) is 4.81.